The van der Waals surface area contributed by atoms with Crippen LogP contribution in [0.25, 0.3) is 0 Å². The largest absolute Gasteiger partial charge is 1.00 e. The number of esters is 3. The molecule has 20 nitrogen and oxygen atoms in total. The van der Waals surface area contributed by atoms with Gasteiger partial charge in [0.2, 0.25) is 12.6 Å². The van der Waals surface area contributed by atoms with E-state index in [0.29, 0.717) is 25.7 Å². The topological polar surface area (TPSA) is 307 Å². The molecule has 0 saturated heterocycles. The predicted octanol–water partition coefficient (Wildman–Crippen LogP) is -2.41. The average molecular weight is 925 g/mol. The van der Waals surface area contributed by atoms with E-state index in [2.05, 4.69) is 10.6 Å². The summed E-state index contributed by atoms with van der Waals surface area (Å²) in [6, 6.07) is 9.31. The number of carbonyl (C=O) groups excluding carboxylic acids is 5. The van der Waals surface area contributed by atoms with E-state index in [0.717, 1.165) is 31.2 Å². The van der Waals surface area contributed by atoms with E-state index in [1.807, 2.05) is 30.3 Å². The molecule has 2 amide bonds. The number of carboxylic acid groups (broad SMARTS) is 1. The van der Waals surface area contributed by atoms with Crippen LogP contribution in [0.5, 0.6) is 0 Å². The number of ether oxygens (including phenoxy) is 5. The van der Waals surface area contributed by atoms with Crippen LogP contribution < -0.4 is 69.7 Å². The second kappa shape index (κ2) is 29.0. The number of benzene rings is 1. The summed E-state index contributed by atoms with van der Waals surface area (Å²) >= 11 is 0. The number of aliphatic carboxylic acids is 1. The molecule has 61 heavy (non-hydrogen) atoms. The Balaban J connectivity index is 0.00000117. The summed E-state index contributed by atoms with van der Waals surface area (Å²) in [5.41, 5.74) is -0.282. The molecule has 0 heterocycles. The van der Waals surface area contributed by atoms with E-state index in [1.54, 1.807) is 0 Å². The van der Waals surface area contributed by atoms with E-state index in [1.165, 1.54) is 13.8 Å². The van der Waals surface area contributed by atoms with Gasteiger partial charge in [0, 0.05) is 38.4 Å². The van der Waals surface area contributed by atoms with Crippen LogP contribution in [0.4, 0.5) is 9.59 Å². The van der Waals surface area contributed by atoms with Crippen LogP contribution in [0.1, 0.15) is 109 Å². The molecule has 2 fully saturated rings. The first-order valence-electron chi connectivity index (χ1n) is 19.1. The predicted molar refractivity (Wildman–Crippen MR) is 203 cm³/mol. The molecule has 0 bridgehead atoms. The Morgan fingerprint density at radius 2 is 1.02 bits per heavy atom. The third kappa shape index (κ3) is 27.3. The Morgan fingerprint density at radius 3 is 1.39 bits per heavy atom. The number of nitrogens with one attached hydrogen (secondary N) is 2. The van der Waals surface area contributed by atoms with E-state index in [4.69, 9.17) is 28.8 Å². The van der Waals surface area contributed by atoms with E-state index in [-0.39, 0.29) is 123 Å². The van der Waals surface area contributed by atoms with E-state index >= 15 is 0 Å². The van der Waals surface area contributed by atoms with Crippen molar-refractivity contribution in [2.45, 2.75) is 123 Å². The van der Waals surface area contributed by atoms with Gasteiger partial charge in [-0.3, -0.25) is 19.2 Å². The molecule has 3 N–H and O–H groups in total. The van der Waals surface area contributed by atoms with Crippen LogP contribution in [0.2, 0.25) is 0 Å². The molecule has 0 aliphatic heterocycles. The van der Waals surface area contributed by atoms with Crippen molar-refractivity contribution in [3.05, 3.63) is 35.9 Å². The Bertz CT molecular complexity index is 1770. The molecule has 3 rings (SSSR count). The number of amides is 2. The summed E-state index contributed by atoms with van der Waals surface area (Å²) in [5.74, 6) is -3.80. The second-order valence-corrected chi connectivity index (χ2v) is 17.7. The molecule has 2 unspecified atom stereocenters. The van der Waals surface area contributed by atoms with Crippen LogP contribution in [0.15, 0.2) is 30.3 Å². The van der Waals surface area contributed by atoms with Crippen molar-refractivity contribution >= 4 is 56.3 Å². The van der Waals surface area contributed by atoms with Gasteiger partial charge in [-0.1, -0.05) is 56.0 Å². The molecule has 334 valence electrons. The Labute approximate surface area is 400 Å². The van der Waals surface area contributed by atoms with Gasteiger partial charge in [-0.25, -0.2) is 26.4 Å². The van der Waals surface area contributed by atoms with Gasteiger partial charge in [0.05, 0.1) is 45.9 Å². The second-order valence-electron chi connectivity index (χ2n) is 14.7. The molecular formula is C37H54N2Na2O18S2. The number of hydrogen-bond donors (Lipinski definition) is 3. The maximum atomic E-state index is 12.4. The quantitative estimate of drug-likeness (QED) is 0.0272. The van der Waals surface area contributed by atoms with E-state index in [9.17, 15) is 54.7 Å². The van der Waals surface area contributed by atoms with Crippen molar-refractivity contribution in [1.82, 2.24) is 10.6 Å². The zero-order valence-electron chi connectivity index (χ0n) is 35.2. The van der Waals surface area contributed by atoms with Crippen molar-refractivity contribution in [3.8, 4) is 0 Å². The molecule has 2 aliphatic rings. The Morgan fingerprint density at radius 1 is 0.639 bits per heavy atom. The average Bonchev–Trinajstić information content (AvgIpc) is 3.76. The van der Waals surface area contributed by atoms with Crippen molar-refractivity contribution in [3.63, 3.8) is 0 Å². The minimum atomic E-state index is -4.35. The molecular weight excluding hydrogens is 871 g/mol. The smallest absolute Gasteiger partial charge is 0.748 e. The number of rotatable bonds is 22. The van der Waals surface area contributed by atoms with Crippen molar-refractivity contribution in [1.29, 1.82) is 0 Å². The standard InChI is InChI=1S/C22H31NO9S.C15H25NO9S.2Na/c1-17(32-21(26)23-12-7-13-33(27,28)29)31-20(25)15-22(10-5-6-11-22)14-19(24)30-16-18-8-3-2-4-9-18;1-11(25-14(20)16-7-4-8-26(21,22)23)24-13(19)10-15(9-12(17)18)5-2-3-6-15;;/h2-4,8-9,17H,5-7,10-16H2,1H3,(H,23,26)(H,27,28,29);11H,2-10H2,1H3,(H,16,20)(H,17,18)(H,21,22,23);;/q;;2*+1/p-2. The SMILES string of the molecule is CC(OC(=O)CC1(CC(=O)O)CCCC1)OC(=O)NCCCS(=O)(=O)[O-].CC(OC(=O)CC1(CC(=O)OCc2ccccc2)CCCC1)OC(=O)NCCCS(=O)(=O)[O-].[Na+].[Na+]. The Hall–Kier alpha value is -2.54. The zero-order chi connectivity index (χ0) is 44.1. The van der Waals surface area contributed by atoms with Gasteiger partial charge < -0.3 is 48.5 Å². The first-order valence-corrected chi connectivity index (χ1v) is 22.3. The maximum absolute atomic E-state index is 12.4. The summed E-state index contributed by atoms with van der Waals surface area (Å²) in [5, 5.41) is 13.5. The minimum absolute atomic E-state index is 0. The fourth-order valence-corrected chi connectivity index (χ4v) is 7.87. The zero-order valence-corrected chi connectivity index (χ0v) is 40.8. The van der Waals surface area contributed by atoms with Gasteiger partial charge in [-0.05, 0) is 54.9 Å². The van der Waals surface area contributed by atoms with Gasteiger partial charge >= 0.3 is 95.2 Å². The maximum Gasteiger partial charge on any atom is 1.00 e. The molecule has 1 aromatic rings. The van der Waals surface area contributed by atoms with Gasteiger partial charge in [0.1, 0.15) is 6.61 Å². The summed E-state index contributed by atoms with van der Waals surface area (Å²) in [4.78, 5) is 71.0. The fourth-order valence-electron chi connectivity index (χ4n) is 6.88. The van der Waals surface area contributed by atoms with Gasteiger partial charge in [0.15, 0.2) is 0 Å². The van der Waals surface area contributed by atoms with Gasteiger partial charge in [-0.15, -0.1) is 0 Å². The first kappa shape index (κ1) is 58.5. The summed E-state index contributed by atoms with van der Waals surface area (Å²) < 4.78 is 88.0. The molecule has 2 aliphatic carbocycles. The third-order valence-electron chi connectivity index (χ3n) is 9.48. The normalized spacial score (nSPS) is 16.0. The minimum Gasteiger partial charge on any atom is -0.748 e. The Kier molecular flexibility index (Phi) is 27.8. The van der Waals surface area contributed by atoms with Gasteiger partial charge in [0.25, 0.3) is 0 Å². The number of carbonyl (C=O) groups is 6. The molecule has 0 spiro atoms. The number of hydrogen-bond acceptors (Lipinski definition) is 17. The van der Waals surface area contributed by atoms with E-state index < -0.39 is 85.2 Å². The van der Waals surface area contributed by atoms with Crippen LogP contribution in [-0.4, -0.2) is 104 Å². The monoisotopic (exact) mass is 924 g/mol. The van der Waals surface area contributed by atoms with Crippen LogP contribution in [0.3, 0.4) is 0 Å². The van der Waals surface area contributed by atoms with Crippen molar-refractivity contribution in [2.75, 3.05) is 24.6 Å². The molecule has 1 aromatic carbocycles. The van der Waals surface area contributed by atoms with Crippen LogP contribution >= 0.6 is 0 Å². The summed E-state index contributed by atoms with van der Waals surface area (Å²) in [7, 11) is -8.69. The first-order chi connectivity index (χ1) is 27.6. The fraction of sp³-hybridized carbons (Fsp3) is 0.676. The molecule has 2 atom stereocenters. The van der Waals surface area contributed by atoms with Crippen molar-refractivity contribution < 1.29 is 143 Å². The molecule has 2 saturated carbocycles. The van der Waals surface area contributed by atoms with Gasteiger partial charge in [-0.2, -0.15) is 0 Å². The molecule has 0 radical (unpaired) electrons. The van der Waals surface area contributed by atoms with Crippen molar-refractivity contribution in [2.24, 2.45) is 10.8 Å². The summed E-state index contributed by atoms with van der Waals surface area (Å²) in [6.07, 6.45) is 1.79. The summed E-state index contributed by atoms with van der Waals surface area (Å²) in [6.45, 7) is 2.71. The van der Waals surface area contributed by atoms with Crippen LogP contribution in [0, 0.1) is 10.8 Å². The third-order valence-corrected chi connectivity index (χ3v) is 11.1. The number of alkyl carbamates (subject to hydrolysis) is 2. The number of carboxylic acids is 1. The molecule has 24 heteroatoms. The van der Waals surface area contributed by atoms with Crippen LogP contribution in [-0.2, 0) is 69.7 Å². The molecule has 0 aromatic heterocycles.